The highest BCUT2D eigenvalue weighted by Crippen LogP contribution is 2.26. The number of aromatic nitrogens is 2. The van der Waals surface area contributed by atoms with Gasteiger partial charge in [-0.1, -0.05) is 24.3 Å². The van der Waals surface area contributed by atoms with E-state index in [-0.39, 0.29) is 0 Å². The molecule has 1 aliphatic rings. The molecule has 0 N–H and O–H groups in total. The Bertz CT molecular complexity index is 630. The fourth-order valence-electron chi connectivity index (χ4n) is 2.36. The highest BCUT2D eigenvalue weighted by Gasteiger charge is 2.08. The average Bonchev–Trinajstić information content (AvgIpc) is 2.66. The molecule has 1 aromatic heterocycles. The number of benzene rings is 1. The first kappa shape index (κ1) is 10.3. The summed E-state index contributed by atoms with van der Waals surface area (Å²) in [5, 5.41) is 0. The zero-order chi connectivity index (χ0) is 11.8. The van der Waals surface area contributed by atoms with Gasteiger partial charge in [-0.3, -0.25) is 0 Å². The predicted octanol–water partition coefficient (Wildman–Crippen LogP) is 3.62. The molecule has 0 atom stereocenters. The van der Waals surface area contributed by atoms with Gasteiger partial charge in [-0.2, -0.15) is 0 Å². The van der Waals surface area contributed by atoms with E-state index in [1.165, 1.54) is 16.7 Å². The van der Waals surface area contributed by atoms with Crippen molar-refractivity contribution in [3.8, 4) is 0 Å². The van der Waals surface area contributed by atoms with E-state index in [4.69, 9.17) is 0 Å². The topological polar surface area (TPSA) is 17.8 Å². The maximum Gasteiger partial charge on any atom is 0.106 e. The van der Waals surface area contributed by atoms with Gasteiger partial charge in [-0.05, 0) is 43.0 Å². The lowest BCUT2D eigenvalue weighted by Crippen LogP contribution is -1.91. The first-order valence-corrected chi connectivity index (χ1v) is 6.05. The number of aryl methyl sites for hydroxylation is 2. The molecular formula is C15H16N2. The smallest absolute Gasteiger partial charge is 0.106 e. The average molecular weight is 224 g/mol. The van der Waals surface area contributed by atoms with Crippen LogP contribution in [0.15, 0.2) is 36.4 Å². The SMILES string of the molecule is Cc1nc2cc(C3=CC=CCC3)ccc2n1C. The summed E-state index contributed by atoms with van der Waals surface area (Å²) < 4.78 is 2.13. The summed E-state index contributed by atoms with van der Waals surface area (Å²) in [6.45, 7) is 2.04. The fraction of sp³-hybridized carbons (Fsp3) is 0.267. The Hall–Kier alpha value is -1.83. The first-order chi connectivity index (χ1) is 8.25. The van der Waals surface area contributed by atoms with E-state index < -0.39 is 0 Å². The molecule has 3 rings (SSSR count). The minimum Gasteiger partial charge on any atom is -0.331 e. The molecule has 2 aromatic rings. The van der Waals surface area contributed by atoms with E-state index in [1.54, 1.807) is 0 Å². The van der Waals surface area contributed by atoms with Crippen LogP contribution in [0.25, 0.3) is 16.6 Å². The quantitative estimate of drug-likeness (QED) is 0.723. The highest BCUT2D eigenvalue weighted by atomic mass is 15.0. The van der Waals surface area contributed by atoms with Gasteiger partial charge in [0, 0.05) is 7.05 Å². The second kappa shape index (κ2) is 3.88. The molecule has 1 aromatic carbocycles. The lowest BCUT2D eigenvalue weighted by molar-refractivity contribution is 0.886. The maximum atomic E-state index is 4.59. The Balaban J connectivity index is 2.13. The summed E-state index contributed by atoms with van der Waals surface area (Å²) in [7, 11) is 2.06. The molecule has 0 bridgehead atoms. The van der Waals surface area contributed by atoms with Crippen LogP contribution in [0.5, 0.6) is 0 Å². The number of hydrogen-bond donors (Lipinski definition) is 0. The minimum absolute atomic E-state index is 1.06. The third kappa shape index (κ3) is 1.70. The molecule has 0 fully saturated rings. The normalized spacial score (nSPS) is 15.3. The van der Waals surface area contributed by atoms with Crippen molar-refractivity contribution in [2.45, 2.75) is 19.8 Å². The predicted molar refractivity (Wildman–Crippen MR) is 71.8 cm³/mol. The molecule has 0 unspecified atom stereocenters. The van der Waals surface area contributed by atoms with Gasteiger partial charge in [0.25, 0.3) is 0 Å². The maximum absolute atomic E-state index is 4.59. The first-order valence-electron chi connectivity index (χ1n) is 6.05. The molecule has 2 heteroatoms. The number of imidazole rings is 1. The van der Waals surface area contributed by atoms with Crippen LogP contribution < -0.4 is 0 Å². The summed E-state index contributed by atoms with van der Waals surface area (Å²) in [5.41, 5.74) is 5.02. The molecule has 1 heterocycles. The summed E-state index contributed by atoms with van der Waals surface area (Å²) in [6.07, 6.45) is 8.85. The van der Waals surface area contributed by atoms with E-state index in [0.29, 0.717) is 0 Å². The van der Waals surface area contributed by atoms with Crippen LogP contribution in [0.3, 0.4) is 0 Å². The Morgan fingerprint density at radius 3 is 2.94 bits per heavy atom. The minimum atomic E-state index is 1.06. The van der Waals surface area contributed by atoms with Gasteiger partial charge < -0.3 is 4.57 Å². The van der Waals surface area contributed by atoms with Crippen LogP contribution in [0, 0.1) is 6.92 Å². The van der Waals surface area contributed by atoms with Crippen molar-refractivity contribution in [2.24, 2.45) is 7.05 Å². The number of nitrogens with zero attached hydrogens (tertiary/aromatic N) is 2. The van der Waals surface area contributed by atoms with Crippen LogP contribution in [0.1, 0.15) is 24.2 Å². The van der Waals surface area contributed by atoms with E-state index in [2.05, 4.69) is 53.0 Å². The van der Waals surface area contributed by atoms with Crippen molar-refractivity contribution < 1.29 is 0 Å². The van der Waals surface area contributed by atoms with Crippen LogP contribution in [0.4, 0.5) is 0 Å². The molecule has 0 spiro atoms. The molecule has 1 aliphatic carbocycles. The van der Waals surface area contributed by atoms with Crippen molar-refractivity contribution in [1.29, 1.82) is 0 Å². The number of fused-ring (bicyclic) bond motifs is 1. The third-order valence-corrected chi connectivity index (χ3v) is 3.49. The van der Waals surface area contributed by atoms with Gasteiger partial charge >= 0.3 is 0 Å². The standard InChI is InChI=1S/C15H16N2/c1-11-16-14-10-13(8-9-15(14)17(11)2)12-6-4-3-5-7-12/h3-4,6,8-10H,5,7H2,1-2H3. The zero-order valence-corrected chi connectivity index (χ0v) is 10.3. The number of hydrogen-bond acceptors (Lipinski definition) is 1. The lowest BCUT2D eigenvalue weighted by Gasteiger charge is -2.09. The van der Waals surface area contributed by atoms with Gasteiger partial charge in [0.1, 0.15) is 5.82 Å². The van der Waals surface area contributed by atoms with Crippen molar-refractivity contribution in [2.75, 3.05) is 0 Å². The third-order valence-electron chi connectivity index (χ3n) is 3.49. The largest absolute Gasteiger partial charge is 0.331 e. The van der Waals surface area contributed by atoms with E-state index in [9.17, 15) is 0 Å². The highest BCUT2D eigenvalue weighted by molar-refractivity contribution is 5.82. The molecule has 86 valence electrons. The van der Waals surface area contributed by atoms with E-state index in [1.807, 2.05) is 6.92 Å². The Kier molecular flexibility index (Phi) is 2.36. The van der Waals surface area contributed by atoms with Crippen LogP contribution >= 0.6 is 0 Å². The Morgan fingerprint density at radius 2 is 2.18 bits per heavy atom. The molecule has 0 saturated heterocycles. The van der Waals surface area contributed by atoms with Crippen LogP contribution in [-0.2, 0) is 7.05 Å². The second-order valence-corrected chi connectivity index (χ2v) is 4.58. The molecule has 0 amide bonds. The summed E-state index contributed by atoms with van der Waals surface area (Å²) >= 11 is 0. The summed E-state index contributed by atoms with van der Waals surface area (Å²) in [6, 6.07) is 6.57. The molecule has 17 heavy (non-hydrogen) atoms. The number of allylic oxidation sites excluding steroid dienone is 4. The van der Waals surface area contributed by atoms with Crippen molar-refractivity contribution in [1.82, 2.24) is 9.55 Å². The fourth-order valence-corrected chi connectivity index (χ4v) is 2.36. The number of rotatable bonds is 1. The van der Waals surface area contributed by atoms with Crippen LogP contribution in [-0.4, -0.2) is 9.55 Å². The summed E-state index contributed by atoms with van der Waals surface area (Å²) in [4.78, 5) is 4.59. The zero-order valence-electron chi connectivity index (χ0n) is 10.3. The molecule has 0 saturated carbocycles. The van der Waals surface area contributed by atoms with Gasteiger partial charge in [-0.15, -0.1) is 0 Å². The van der Waals surface area contributed by atoms with Crippen molar-refractivity contribution >= 4 is 16.6 Å². The molecule has 0 aliphatic heterocycles. The van der Waals surface area contributed by atoms with E-state index in [0.717, 1.165) is 24.2 Å². The van der Waals surface area contributed by atoms with Crippen molar-refractivity contribution in [3.05, 3.63) is 47.8 Å². The van der Waals surface area contributed by atoms with Crippen molar-refractivity contribution in [3.63, 3.8) is 0 Å². The lowest BCUT2D eigenvalue weighted by atomic mass is 9.97. The van der Waals surface area contributed by atoms with Gasteiger partial charge in [0.05, 0.1) is 11.0 Å². The Morgan fingerprint density at radius 1 is 1.29 bits per heavy atom. The monoisotopic (exact) mass is 224 g/mol. The Labute approximate surface area is 101 Å². The molecular weight excluding hydrogens is 208 g/mol. The summed E-state index contributed by atoms with van der Waals surface area (Å²) in [5.74, 6) is 1.06. The molecule has 2 nitrogen and oxygen atoms in total. The second-order valence-electron chi connectivity index (χ2n) is 4.58. The van der Waals surface area contributed by atoms with Gasteiger partial charge in [0.15, 0.2) is 0 Å². The molecule has 0 radical (unpaired) electrons. The van der Waals surface area contributed by atoms with Crippen LogP contribution in [0.2, 0.25) is 0 Å². The van der Waals surface area contributed by atoms with E-state index >= 15 is 0 Å². The van der Waals surface area contributed by atoms with Gasteiger partial charge in [-0.25, -0.2) is 4.98 Å². The van der Waals surface area contributed by atoms with Gasteiger partial charge in [0.2, 0.25) is 0 Å².